The molecule has 1 aromatic carbocycles. The molecule has 3 rings (SSSR count). The van der Waals surface area contributed by atoms with Gasteiger partial charge in [0.05, 0.1) is 16.8 Å². The fraction of sp³-hybridized carbons (Fsp3) is 0.368. The summed E-state index contributed by atoms with van der Waals surface area (Å²) in [6.45, 7) is 10.1. The van der Waals surface area contributed by atoms with Gasteiger partial charge in [0, 0.05) is 18.1 Å². The Labute approximate surface area is 148 Å². The van der Waals surface area contributed by atoms with Crippen molar-refractivity contribution >= 4 is 24.2 Å². The molecule has 6 heteroatoms. The summed E-state index contributed by atoms with van der Waals surface area (Å²) in [7, 11) is -0.459. The highest BCUT2D eigenvalue weighted by molar-refractivity contribution is 6.62. The number of rotatable bonds is 3. The first-order chi connectivity index (χ1) is 11.7. The van der Waals surface area contributed by atoms with Gasteiger partial charge in [0.2, 0.25) is 0 Å². The van der Waals surface area contributed by atoms with Crippen LogP contribution in [-0.4, -0.2) is 29.2 Å². The molecule has 1 saturated heterocycles. The topological polar surface area (TPSA) is 60.5 Å². The van der Waals surface area contributed by atoms with Crippen LogP contribution in [0.2, 0.25) is 0 Å². The van der Waals surface area contributed by atoms with Crippen LogP contribution < -0.4 is 10.8 Å². The van der Waals surface area contributed by atoms with Crippen molar-refractivity contribution in [1.82, 2.24) is 4.98 Å². The zero-order valence-corrected chi connectivity index (χ0v) is 15.3. The lowest BCUT2D eigenvalue weighted by Crippen LogP contribution is -2.41. The lowest BCUT2D eigenvalue weighted by Gasteiger charge is -2.32. The van der Waals surface area contributed by atoms with E-state index in [2.05, 4.69) is 10.3 Å². The van der Waals surface area contributed by atoms with Gasteiger partial charge in [0.15, 0.2) is 0 Å². The number of anilines is 1. The van der Waals surface area contributed by atoms with E-state index in [1.165, 1.54) is 0 Å². The molecule has 2 heterocycles. The molecule has 2 aromatic rings. The number of carbonyl (C=O) groups is 1. The minimum absolute atomic E-state index is 0.196. The number of amides is 1. The molecule has 0 saturated carbocycles. The summed E-state index contributed by atoms with van der Waals surface area (Å²) in [5, 5.41) is 2.91. The van der Waals surface area contributed by atoms with Crippen molar-refractivity contribution in [3.8, 4) is 0 Å². The number of aryl methyl sites for hydroxylation is 1. The first-order valence-corrected chi connectivity index (χ1v) is 8.36. The Morgan fingerprint density at radius 2 is 1.80 bits per heavy atom. The van der Waals surface area contributed by atoms with Crippen LogP contribution in [0.1, 0.15) is 43.6 Å². The van der Waals surface area contributed by atoms with Gasteiger partial charge < -0.3 is 14.6 Å². The number of pyridine rings is 1. The zero-order valence-electron chi connectivity index (χ0n) is 15.3. The van der Waals surface area contributed by atoms with E-state index in [0.29, 0.717) is 11.3 Å². The van der Waals surface area contributed by atoms with Crippen molar-refractivity contribution in [1.29, 1.82) is 0 Å². The van der Waals surface area contributed by atoms with Gasteiger partial charge in [-0.05, 0) is 69.9 Å². The molecule has 0 aliphatic carbocycles. The highest BCUT2D eigenvalue weighted by Gasteiger charge is 2.51. The highest BCUT2D eigenvalue weighted by atomic mass is 16.7. The van der Waals surface area contributed by atoms with Gasteiger partial charge in [0.25, 0.3) is 5.91 Å². The molecule has 130 valence electrons. The molecule has 0 unspecified atom stereocenters. The van der Waals surface area contributed by atoms with Crippen molar-refractivity contribution < 1.29 is 14.1 Å². The molecule has 1 aromatic heterocycles. The van der Waals surface area contributed by atoms with Crippen LogP contribution in [0.25, 0.3) is 0 Å². The summed E-state index contributed by atoms with van der Waals surface area (Å²) in [6.07, 6.45) is 3.18. The van der Waals surface area contributed by atoms with Crippen LogP contribution >= 0.6 is 0 Å². The van der Waals surface area contributed by atoms with Crippen molar-refractivity contribution in [2.45, 2.75) is 45.8 Å². The third-order valence-electron chi connectivity index (χ3n) is 4.81. The highest BCUT2D eigenvalue weighted by Crippen LogP contribution is 2.36. The first kappa shape index (κ1) is 17.6. The molecule has 1 fully saturated rings. The van der Waals surface area contributed by atoms with Gasteiger partial charge in [-0.3, -0.25) is 9.78 Å². The van der Waals surface area contributed by atoms with Gasteiger partial charge in [0.1, 0.15) is 0 Å². The molecule has 0 spiro atoms. The third-order valence-corrected chi connectivity index (χ3v) is 4.81. The van der Waals surface area contributed by atoms with E-state index in [1.54, 1.807) is 24.5 Å². The Balaban J connectivity index is 1.83. The molecule has 1 aliphatic heterocycles. The molecule has 1 N–H and O–H groups in total. The van der Waals surface area contributed by atoms with E-state index < -0.39 is 18.3 Å². The minimum Gasteiger partial charge on any atom is -0.399 e. The average Bonchev–Trinajstić information content (AvgIpc) is 2.76. The number of hydrogen-bond donors (Lipinski definition) is 1. The second-order valence-electron chi connectivity index (χ2n) is 7.42. The van der Waals surface area contributed by atoms with E-state index in [1.807, 2.05) is 52.8 Å². The Morgan fingerprint density at radius 3 is 2.40 bits per heavy atom. The largest absolute Gasteiger partial charge is 0.494 e. The predicted molar refractivity (Wildman–Crippen MR) is 99.1 cm³/mol. The normalized spacial score (nSPS) is 18.2. The fourth-order valence-corrected chi connectivity index (χ4v) is 2.70. The minimum atomic E-state index is -0.459. The first-order valence-electron chi connectivity index (χ1n) is 8.36. The number of nitrogens with zero attached hydrogens (tertiary/aromatic N) is 1. The number of carbonyl (C=O) groups excluding carboxylic acids is 1. The van der Waals surface area contributed by atoms with Crippen LogP contribution in [0.4, 0.5) is 5.69 Å². The van der Waals surface area contributed by atoms with Crippen LogP contribution in [0.5, 0.6) is 0 Å². The van der Waals surface area contributed by atoms with Crippen molar-refractivity contribution in [3.63, 3.8) is 0 Å². The monoisotopic (exact) mass is 338 g/mol. The molecular formula is C19H23BN2O3. The standard InChI is InChI=1S/C19H23BN2O3/c1-13-9-15(20-24-18(2,3)19(4,5)25-20)11-16(10-13)22-17(23)14-7-6-8-21-12-14/h6-12H,1-5H3,(H,22,23). The quantitative estimate of drug-likeness (QED) is 0.874. The summed E-state index contributed by atoms with van der Waals surface area (Å²) < 4.78 is 12.2. The lowest BCUT2D eigenvalue weighted by atomic mass is 9.78. The van der Waals surface area contributed by atoms with E-state index in [-0.39, 0.29) is 5.91 Å². The SMILES string of the molecule is Cc1cc(NC(=O)c2cccnc2)cc(B2OC(C)(C)C(C)(C)O2)c1. The second kappa shape index (κ2) is 6.28. The van der Waals surface area contributed by atoms with Gasteiger partial charge in [-0.15, -0.1) is 0 Å². The van der Waals surface area contributed by atoms with Crippen molar-refractivity contribution in [2.75, 3.05) is 5.32 Å². The van der Waals surface area contributed by atoms with Crippen LogP contribution in [0.15, 0.2) is 42.7 Å². The molecule has 1 aliphatic rings. The van der Waals surface area contributed by atoms with Crippen LogP contribution in [-0.2, 0) is 9.31 Å². The zero-order chi connectivity index (χ0) is 18.2. The number of benzene rings is 1. The molecule has 1 amide bonds. The number of aromatic nitrogens is 1. The average molecular weight is 338 g/mol. The second-order valence-corrected chi connectivity index (χ2v) is 7.42. The third kappa shape index (κ3) is 3.60. The van der Waals surface area contributed by atoms with E-state index >= 15 is 0 Å². The smallest absolute Gasteiger partial charge is 0.399 e. The molecule has 0 atom stereocenters. The van der Waals surface area contributed by atoms with Gasteiger partial charge in [-0.2, -0.15) is 0 Å². The van der Waals surface area contributed by atoms with E-state index in [4.69, 9.17) is 9.31 Å². The number of nitrogens with one attached hydrogen (secondary N) is 1. The van der Waals surface area contributed by atoms with Gasteiger partial charge >= 0.3 is 7.12 Å². The summed E-state index contributed by atoms with van der Waals surface area (Å²) in [4.78, 5) is 16.3. The molecule has 0 radical (unpaired) electrons. The summed E-state index contributed by atoms with van der Waals surface area (Å²) in [6, 6.07) is 9.29. The Hall–Kier alpha value is -2.18. The maximum Gasteiger partial charge on any atom is 0.494 e. The van der Waals surface area contributed by atoms with E-state index in [0.717, 1.165) is 11.0 Å². The Morgan fingerprint density at radius 1 is 1.12 bits per heavy atom. The Kier molecular flexibility index (Phi) is 4.43. The van der Waals surface area contributed by atoms with Crippen LogP contribution in [0.3, 0.4) is 0 Å². The maximum atomic E-state index is 12.4. The predicted octanol–water partition coefficient (Wildman–Crippen LogP) is 2.94. The van der Waals surface area contributed by atoms with Gasteiger partial charge in [-0.25, -0.2) is 0 Å². The summed E-state index contributed by atoms with van der Waals surface area (Å²) in [5.41, 5.74) is 2.33. The van der Waals surface area contributed by atoms with E-state index in [9.17, 15) is 4.79 Å². The molecule has 5 nitrogen and oxygen atoms in total. The van der Waals surface area contributed by atoms with Crippen molar-refractivity contribution in [3.05, 3.63) is 53.9 Å². The molecule has 0 bridgehead atoms. The van der Waals surface area contributed by atoms with Crippen LogP contribution in [0, 0.1) is 6.92 Å². The maximum absolute atomic E-state index is 12.4. The summed E-state index contributed by atoms with van der Waals surface area (Å²) in [5.74, 6) is -0.196. The summed E-state index contributed by atoms with van der Waals surface area (Å²) >= 11 is 0. The molecular weight excluding hydrogens is 315 g/mol. The Bertz CT molecular complexity index is 775. The fourth-order valence-electron chi connectivity index (χ4n) is 2.70. The van der Waals surface area contributed by atoms with Crippen molar-refractivity contribution in [2.24, 2.45) is 0 Å². The van der Waals surface area contributed by atoms with Gasteiger partial charge in [-0.1, -0.05) is 6.07 Å². The lowest BCUT2D eigenvalue weighted by molar-refractivity contribution is 0.00578. The molecule has 25 heavy (non-hydrogen) atoms. The number of hydrogen-bond acceptors (Lipinski definition) is 4.